The number of nitrogens with one attached hydrogen (secondary N) is 2. The first-order valence-electron chi connectivity index (χ1n) is 8.69. The minimum atomic E-state index is -3.73. The summed E-state index contributed by atoms with van der Waals surface area (Å²) in [5.74, 6) is -0.219. The Morgan fingerprint density at radius 3 is 2.81 bits per heavy atom. The van der Waals surface area contributed by atoms with E-state index in [1.807, 2.05) is 6.92 Å². The summed E-state index contributed by atoms with van der Waals surface area (Å²) < 4.78 is 28.4. The lowest BCUT2D eigenvalue weighted by atomic mass is 10.1. The Kier molecular flexibility index (Phi) is 5.26. The molecule has 0 bridgehead atoms. The van der Waals surface area contributed by atoms with E-state index in [9.17, 15) is 18.0 Å². The van der Waals surface area contributed by atoms with Gasteiger partial charge in [-0.15, -0.1) is 4.40 Å². The molecule has 140 valence electrons. The number of hydrogen-bond acceptors (Lipinski definition) is 5. The van der Waals surface area contributed by atoms with Crippen molar-refractivity contribution in [3.8, 4) is 0 Å². The summed E-state index contributed by atoms with van der Waals surface area (Å²) in [5, 5.41) is 5.33. The zero-order valence-electron chi connectivity index (χ0n) is 14.6. The molecule has 1 fully saturated rings. The largest absolute Gasteiger partial charge is 0.355 e. The molecule has 1 saturated heterocycles. The fraction of sp³-hybridized carbons (Fsp3) is 0.471. The normalized spacial score (nSPS) is 20.4. The Labute approximate surface area is 152 Å². The molecule has 2 N–H and O–H groups in total. The molecular formula is C17H22N4O4S. The number of hydrogen-bond donors (Lipinski definition) is 2. The minimum Gasteiger partial charge on any atom is -0.355 e. The third kappa shape index (κ3) is 3.57. The van der Waals surface area contributed by atoms with E-state index in [0.29, 0.717) is 30.9 Å². The van der Waals surface area contributed by atoms with Gasteiger partial charge in [0.15, 0.2) is 5.84 Å². The van der Waals surface area contributed by atoms with Gasteiger partial charge >= 0.3 is 0 Å². The molecule has 2 amide bonds. The summed E-state index contributed by atoms with van der Waals surface area (Å²) in [4.78, 5) is 26.1. The van der Waals surface area contributed by atoms with Crippen LogP contribution in [0.15, 0.2) is 33.6 Å². The molecule has 2 aliphatic heterocycles. The number of nitrogens with zero attached hydrogens (tertiary/aromatic N) is 2. The molecule has 0 radical (unpaired) electrons. The first kappa shape index (κ1) is 18.4. The van der Waals surface area contributed by atoms with Crippen molar-refractivity contribution in [3.05, 3.63) is 29.8 Å². The highest BCUT2D eigenvalue weighted by Gasteiger charge is 2.39. The average Bonchev–Trinajstić information content (AvgIpc) is 3.21. The molecule has 8 nitrogen and oxygen atoms in total. The Morgan fingerprint density at radius 2 is 2.04 bits per heavy atom. The molecule has 1 aromatic carbocycles. The lowest BCUT2D eigenvalue weighted by Crippen LogP contribution is -2.48. The van der Waals surface area contributed by atoms with E-state index in [1.165, 1.54) is 6.07 Å². The molecule has 2 heterocycles. The predicted molar refractivity (Wildman–Crippen MR) is 96.2 cm³/mol. The van der Waals surface area contributed by atoms with Crippen molar-refractivity contribution in [1.82, 2.24) is 15.5 Å². The van der Waals surface area contributed by atoms with Gasteiger partial charge < -0.3 is 15.5 Å². The lowest BCUT2D eigenvalue weighted by Gasteiger charge is -2.25. The van der Waals surface area contributed by atoms with Crippen LogP contribution in [-0.4, -0.2) is 56.6 Å². The van der Waals surface area contributed by atoms with E-state index in [2.05, 4.69) is 15.0 Å². The second-order valence-corrected chi connectivity index (χ2v) is 7.88. The molecule has 0 aliphatic carbocycles. The van der Waals surface area contributed by atoms with Gasteiger partial charge in [0, 0.05) is 18.7 Å². The van der Waals surface area contributed by atoms with Crippen LogP contribution in [0.5, 0.6) is 0 Å². The van der Waals surface area contributed by atoms with Crippen molar-refractivity contribution >= 4 is 27.7 Å². The van der Waals surface area contributed by atoms with E-state index in [0.717, 1.165) is 12.8 Å². The van der Waals surface area contributed by atoms with Crippen molar-refractivity contribution in [2.24, 2.45) is 4.40 Å². The van der Waals surface area contributed by atoms with Crippen LogP contribution in [0, 0.1) is 0 Å². The van der Waals surface area contributed by atoms with Crippen LogP contribution in [0.25, 0.3) is 0 Å². The fourth-order valence-electron chi connectivity index (χ4n) is 3.20. The monoisotopic (exact) mass is 378 g/mol. The van der Waals surface area contributed by atoms with Crippen LogP contribution < -0.4 is 10.6 Å². The number of sulfonamides is 1. The highest BCUT2D eigenvalue weighted by atomic mass is 32.2. The Balaban J connectivity index is 1.73. The number of benzene rings is 1. The number of fused-ring (bicyclic) bond motifs is 1. The molecule has 0 aromatic heterocycles. The van der Waals surface area contributed by atoms with Crippen LogP contribution >= 0.6 is 0 Å². The van der Waals surface area contributed by atoms with E-state index < -0.39 is 16.1 Å². The van der Waals surface area contributed by atoms with Crippen LogP contribution in [0.1, 0.15) is 31.7 Å². The lowest BCUT2D eigenvalue weighted by molar-refractivity contribution is -0.128. The zero-order valence-corrected chi connectivity index (χ0v) is 15.4. The van der Waals surface area contributed by atoms with Gasteiger partial charge in [0.2, 0.25) is 11.8 Å². The number of amidine groups is 1. The van der Waals surface area contributed by atoms with E-state index in [-0.39, 0.29) is 23.3 Å². The van der Waals surface area contributed by atoms with Gasteiger partial charge in [0.05, 0.1) is 6.54 Å². The van der Waals surface area contributed by atoms with Crippen molar-refractivity contribution in [3.63, 3.8) is 0 Å². The van der Waals surface area contributed by atoms with Crippen LogP contribution in [-0.2, 0) is 19.6 Å². The van der Waals surface area contributed by atoms with Crippen LogP contribution in [0.4, 0.5) is 0 Å². The molecule has 3 rings (SSSR count). The van der Waals surface area contributed by atoms with E-state index in [1.54, 1.807) is 23.1 Å². The Morgan fingerprint density at radius 1 is 1.27 bits per heavy atom. The van der Waals surface area contributed by atoms with Crippen molar-refractivity contribution in [2.75, 3.05) is 19.6 Å². The maximum Gasteiger partial charge on any atom is 0.285 e. The highest BCUT2D eigenvalue weighted by molar-refractivity contribution is 7.90. The number of rotatable bonds is 5. The summed E-state index contributed by atoms with van der Waals surface area (Å²) in [7, 11) is -3.73. The average molecular weight is 378 g/mol. The first-order valence-corrected chi connectivity index (χ1v) is 10.1. The third-order valence-electron chi connectivity index (χ3n) is 4.44. The summed E-state index contributed by atoms with van der Waals surface area (Å²) in [5.41, 5.74) is 0.521. The maximum atomic E-state index is 12.5. The van der Waals surface area contributed by atoms with Crippen molar-refractivity contribution in [2.45, 2.75) is 37.1 Å². The Hall–Kier alpha value is -2.42. The molecule has 0 saturated carbocycles. The third-order valence-corrected chi connectivity index (χ3v) is 5.76. The van der Waals surface area contributed by atoms with E-state index in [4.69, 9.17) is 0 Å². The number of carbonyl (C=O) groups excluding carboxylic acids is 2. The molecule has 1 aromatic rings. The molecule has 0 unspecified atom stereocenters. The summed E-state index contributed by atoms with van der Waals surface area (Å²) >= 11 is 0. The predicted octanol–water partition coefficient (Wildman–Crippen LogP) is 0.242. The molecular weight excluding hydrogens is 356 g/mol. The summed E-state index contributed by atoms with van der Waals surface area (Å²) in [6, 6.07) is 6.08. The smallest absolute Gasteiger partial charge is 0.285 e. The summed E-state index contributed by atoms with van der Waals surface area (Å²) in [6.07, 6.45) is 2.16. The van der Waals surface area contributed by atoms with Gasteiger partial charge in [0.25, 0.3) is 10.0 Å². The first-order chi connectivity index (χ1) is 12.4. The van der Waals surface area contributed by atoms with Gasteiger partial charge in [0.1, 0.15) is 10.9 Å². The minimum absolute atomic E-state index is 0.0927. The van der Waals surface area contributed by atoms with Crippen LogP contribution in [0.3, 0.4) is 0 Å². The Bertz CT molecular complexity index is 850. The van der Waals surface area contributed by atoms with Gasteiger partial charge in [-0.2, -0.15) is 8.42 Å². The molecule has 2 aliphatic rings. The molecule has 0 spiro atoms. The molecule has 26 heavy (non-hydrogen) atoms. The second kappa shape index (κ2) is 7.45. The topological polar surface area (TPSA) is 108 Å². The molecule has 1 atom stereocenters. The fourth-order valence-corrected chi connectivity index (χ4v) is 4.42. The highest BCUT2D eigenvalue weighted by Crippen LogP contribution is 2.31. The van der Waals surface area contributed by atoms with Gasteiger partial charge in [-0.1, -0.05) is 19.1 Å². The van der Waals surface area contributed by atoms with Crippen LogP contribution in [0.2, 0.25) is 0 Å². The van der Waals surface area contributed by atoms with Gasteiger partial charge in [-0.3, -0.25) is 9.59 Å². The molecule has 9 heteroatoms. The zero-order chi connectivity index (χ0) is 18.7. The second-order valence-electron chi connectivity index (χ2n) is 6.31. The number of amides is 2. The van der Waals surface area contributed by atoms with Crippen molar-refractivity contribution in [1.29, 1.82) is 0 Å². The number of carbonyl (C=O) groups is 2. The van der Waals surface area contributed by atoms with Gasteiger partial charge in [-0.05, 0) is 31.4 Å². The van der Waals surface area contributed by atoms with E-state index >= 15 is 0 Å². The van der Waals surface area contributed by atoms with Gasteiger partial charge in [-0.25, -0.2) is 0 Å². The SMILES string of the molecule is CCCNC(=O)CNC(=O)[C@@H]1CCCN1C1=NS(=O)(=O)c2ccccc21. The quantitative estimate of drug-likeness (QED) is 0.763. The number of likely N-dealkylation sites (tertiary alicyclic amines) is 1. The summed E-state index contributed by atoms with van der Waals surface area (Å²) in [6.45, 7) is 2.96. The standard InChI is InChI=1S/C17H22N4O4S/c1-2-9-18-15(22)11-19-17(23)13-7-5-10-21(13)16-12-6-3-4-8-14(12)26(24,25)20-16/h3-4,6,8,13H,2,5,7,9-11H2,1H3,(H,18,22)(H,19,23)/t13-/m0/s1. The van der Waals surface area contributed by atoms with Crippen molar-refractivity contribution < 1.29 is 18.0 Å². The maximum absolute atomic E-state index is 12.5.